The van der Waals surface area contributed by atoms with Crippen molar-refractivity contribution >= 4 is 16.4 Å². The van der Waals surface area contributed by atoms with Gasteiger partial charge in [0.1, 0.15) is 11.6 Å². The minimum absolute atomic E-state index is 0.0727. The van der Waals surface area contributed by atoms with E-state index in [1.165, 1.54) is 16.7 Å². The van der Waals surface area contributed by atoms with Crippen molar-refractivity contribution in [3.05, 3.63) is 84.7 Å². The van der Waals surface area contributed by atoms with Crippen LogP contribution >= 0.6 is 0 Å². The van der Waals surface area contributed by atoms with Gasteiger partial charge in [0, 0.05) is 24.2 Å². The first-order valence-electron chi connectivity index (χ1n) is 8.63. The lowest BCUT2D eigenvalue weighted by Crippen LogP contribution is -2.04. The highest BCUT2D eigenvalue weighted by molar-refractivity contribution is 5.84. The van der Waals surface area contributed by atoms with Gasteiger partial charge in [0.15, 0.2) is 0 Å². The van der Waals surface area contributed by atoms with Crippen LogP contribution in [-0.2, 0) is 6.54 Å². The van der Waals surface area contributed by atoms with E-state index in [-0.39, 0.29) is 18.0 Å². The van der Waals surface area contributed by atoms with E-state index in [1.54, 1.807) is 53.7 Å². The zero-order valence-corrected chi connectivity index (χ0v) is 14.5. The number of nitrogens with zero attached hydrogens (tertiary/aromatic N) is 4. The van der Waals surface area contributed by atoms with Crippen molar-refractivity contribution in [1.82, 2.24) is 18.9 Å². The van der Waals surface area contributed by atoms with Gasteiger partial charge in [-0.2, -0.15) is 0 Å². The number of hydrogen-bond acceptors (Lipinski definition) is 3. The molecule has 0 fully saturated rings. The summed E-state index contributed by atoms with van der Waals surface area (Å²) in [4.78, 5) is 8.19. The lowest BCUT2D eigenvalue weighted by molar-refractivity contribution is 0.425. The Morgan fingerprint density at radius 2 is 1.82 bits per heavy atom. The molecule has 5 nitrogen and oxygen atoms in total. The SMILES string of the molecule is Oc1c2cccnc2cn1Cc1c(F)cc(-c2ccc3cncn3c2)cc1F. The van der Waals surface area contributed by atoms with Crippen LogP contribution in [0, 0.1) is 11.6 Å². The molecule has 0 amide bonds. The van der Waals surface area contributed by atoms with Crippen molar-refractivity contribution in [2.75, 3.05) is 0 Å². The summed E-state index contributed by atoms with van der Waals surface area (Å²) in [5, 5.41) is 10.9. The molecular formula is C21H14F2N4O. The number of aromatic nitrogens is 4. The van der Waals surface area contributed by atoms with E-state index in [0.29, 0.717) is 22.0 Å². The molecule has 5 aromatic rings. The molecule has 1 aromatic carbocycles. The summed E-state index contributed by atoms with van der Waals surface area (Å²) in [7, 11) is 0. The Hall–Kier alpha value is -3.74. The Kier molecular flexibility index (Phi) is 3.61. The molecule has 0 unspecified atom stereocenters. The molecule has 4 aromatic heterocycles. The quantitative estimate of drug-likeness (QED) is 0.508. The number of hydrogen-bond donors (Lipinski definition) is 1. The highest BCUT2D eigenvalue weighted by atomic mass is 19.1. The molecule has 1 N–H and O–H groups in total. The third kappa shape index (κ3) is 2.60. The van der Waals surface area contributed by atoms with Crippen molar-refractivity contribution in [2.24, 2.45) is 0 Å². The Balaban J connectivity index is 1.54. The molecule has 28 heavy (non-hydrogen) atoms. The first-order valence-corrected chi connectivity index (χ1v) is 8.63. The Morgan fingerprint density at radius 1 is 1.00 bits per heavy atom. The molecule has 5 rings (SSSR count). The highest BCUT2D eigenvalue weighted by Crippen LogP contribution is 2.29. The normalized spacial score (nSPS) is 11.5. The van der Waals surface area contributed by atoms with Gasteiger partial charge in [-0.15, -0.1) is 0 Å². The first kappa shape index (κ1) is 16.4. The number of pyridine rings is 2. The van der Waals surface area contributed by atoms with Gasteiger partial charge in [-0.3, -0.25) is 4.98 Å². The van der Waals surface area contributed by atoms with Gasteiger partial charge in [-0.25, -0.2) is 13.8 Å². The fourth-order valence-electron chi connectivity index (χ4n) is 3.38. The summed E-state index contributed by atoms with van der Waals surface area (Å²) < 4.78 is 32.7. The second-order valence-corrected chi connectivity index (χ2v) is 6.58. The smallest absolute Gasteiger partial charge is 0.201 e. The fraction of sp³-hybridized carbons (Fsp3) is 0.0476. The third-order valence-corrected chi connectivity index (χ3v) is 4.84. The van der Waals surface area contributed by atoms with Crippen LogP contribution in [0.2, 0.25) is 0 Å². The number of benzene rings is 1. The number of imidazole rings is 1. The van der Waals surface area contributed by atoms with E-state index >= 15 is 0 Å². The Morgan fingerprint density at radius 3 is 2.61 bits per heavy atom. The van der Waals surface area contributed by atoms with Gasteiger partial charge >= 0.3 is 0 Å². The predicted molar refractivity (Wildman–Crippen MR) is 101 cm³/mol. The van der Waals surface area contributed by atoms with Crippen LogP contribution in [-0.4, -0.2) is 24.0 Å². The minimum atomic E-state index is -0.675. The molecule has 138 valence electrons. The number of halogens is 2. The molecule has 7 heteroatoms. The molecule has 0 radical (unpaired) electrons. The van der Waals surface area contributed by atoms with Gasteiger partial charge in [0.2, 0.25) is 5.88 Å². The van der Waals surface area contributed by atoms with Crippen LogP contribution in [0.4, 0.5) is 8.78 Å². The molecule has 0 aliphatic rings. The van der Waals surface area contributed by atoms with Crippen molar-refractivity contribution in [1.29, 1.82) is 0 Å². The Bertz CT molecular complexity index is 1320. The van der Waals surface area contributed by atoms with E-state index in [1.807, 2.05) is 6.07 Å². The zero-order valence-electron chi connectivity index (χ0n) is 14.5. The predicted octanol–water partition coefficient (Wildman–Crippen LogP) is 4.38. The Labute approximate surface area is 158 Å². The van der Waals surface area contributed by atoms with Crippen molar-refractivity contribution in [3.63, 3.8) is 0 Å². The molecule has 0 saturated heterocycles. The summed E-state index contributed by atoms with van der Waals surface area (Å²) in [6.45, 7) is -0.138. The average molecular weight is 376 g/mol. The number of rotatable bonds is 3. The van der Waals surface area contributed by atoms with E-state index in [0.717, 1.165) is 5.52 Å². The van der Waals surface area contributed by atoms with E-state index < -0.39 is 11.6 Å². The summed E-state index contributed by atoms with van der Waals surface area (Å²) >= 11 is 0. The molecule has 4 heterocycles. The second-order valence-electron chi connectivity index (χ2n) is 6.58. The molecule has 0 atom stereocenters. The standard InChI is InChI=1S/C21H14F2N4O/c22-18-6-14(13-3-4-15-8-24-12-27(15)9-13)7-19(23)17(18)10-26-11-20-16(21(26)28)2-1-5-25-20/h1-9,11-12,28H,10H2. The van der Waals surface area contributed by atoms with Crippen LogP contribution in [0.25, 0.3) is 27.5 Å². The monoisotopic (exact) mass is 376 g/mol. The van der Waals surface area contributed by atoms with Crippen molar-refractivity contribution < 1.29 is 13.9 Å². The highest BCUT2D eigenvalue weighted by Gasteiger charge is 2.16. The summed E-state index contributed by atoms with van der Waals surface area (Å²) in [5.41, 5.74) is 2.44. The van der Waals surface area contributed by atoms with Crippen LogP contribution in [0.15, 0.2) is 67.5 Å². The topological polar surface area (TPSA) is 55.4 Å². The van der Waals surface area contributed by atoms with Crippen LogP contribution in [0.3, 0.4) is 0 Å². The van der Waals surface area contributed by atoms with Gasteiger partial charge in [-0.05, 0) is 41.5 Å². The van der Waals surface area contributed by atoms with Crippen LogP contribution < -0.4 is 0 Å². The number of aromatic hydroxyl groups is 1. The first-order chi connectivity index (χ1) is 13.6. The van der Waals surface area contributed by atoms with Gasteiger partial charge in [0.05, 0.1) is 35.5 Å². The molecule has 0 bridgehead atoms. The maximum absolute atomic E-state index is 14.8. The zero-order chi connectivity index (χ0) is 19.3. The van der Waals surface area contributed by atoms with Crippen LogP contribution in [0.5, 0.6) is 5.88 Å². The number of fused-ring (bicyclic) bond motifs is 2. The van der Waals surface area contributed by atoms with E-state index in [9.17, 15) is 13.9 Å². The molecular weight excluding hydrogens is 362 g/mol. The largest absolute Gasteiger partial charge is 0.494 e. The van der Waals surface area contributed by atoms with Crippen LogP contribution in [0.1, 0.15) is 5.56 Å². The minimum Gasteiger partial charge on any atom is -0.494 e. The second kappa shape index (κ2) is 6.16. The van der Waals surface area contributed by atoms with Gasteiger partial charge < -0.3 is 14.1 Å². The lowest BCUT2D eigenvalue weighted by atomic mass is 10.0. The lowest BCUT2D eigenvalue weighted by Gasteiger charge is -2.10. The fourth-order valence-corrected chi connectivity index (χ4v) is 3.38. The van der Waals surface area contributed by atoms with Gasteiger partial charge in [0.25, 0.3) is 0 Å². The molecule has 0 saturated carbocycles. The van der Waals surface area contributed by atoms with E-state index in [2.05, 4.69) is 9.97 Å². The maximum atomic E-state index is 14.8. The average Bonchev–Trinajstić information content (AvgIpc) is 3.29. The molecule has 0 spiro atoms. The molecule has 0 aliphatic heterocycles. The summed E-state index contributed by atoms with van der Waals surface area (Å²) in [5.74, 6) is -1.42. The summed E-state index contributed by atoms with van der Waals surface area (Å²) in [6, 6.07) is 9.63. The van der Waals surface area contributed by atoms with E-state index in [4.69, 9.17) is 0 Å². The van der Waals surface area contributed by atoms with Crippen molar-refractivity contribution in [2.45, 2.75) is 6.54 Å². The summed E-state index contributed by atoms with van der Waals surface area (Å²) in [6.07, 6.45) is 8.28. The molecule has 0 aliphatic carbocycles. The third-order valence-electron chi connectivity index (χ3n) is 4.84. The maximum Gasteiger partial charge on any atom is 0.201 e. The van der Waals surface area contributed by atoms with Gasteiger partial charge in [-0.1, -0.05) is 6.07 Å². The van der Waals surface area contributed by atoms with Crippen molar-refractivity contribution in [3.8, 4) is 17.0 Å².